The smallest absolute Gasteiger partial charge is 0.313 e. The topological polar surface area (TPSA) is 81.7 Å². The number of hydrogen-bond donors (Lipinski definition) is 3. The highest BCUT2D eigenvalue weighted by molar-refractivity contribution is 6.39. The number of rotatable bonds is 6. The molecule has 0 saturated carbocycles. The maximum Gasteiger partial charge on any atom is 0.313 e. The van der Waals surface area contributed by atoms with Gasteiger partial charge in [-0.1, -0.05) is 26.0 Å². The van der Waals surface area contributed by atoms with Crippen LogP contribution in [0, 0.1) is 0 Å². The first-order valence-electron chi connectivity index (χ1n) is 9.05. The summed E-state index contributed by atoms with van der Waals surface area (Å²) in [4.78, 5) is 26.0. The molecule has 0 spiro atoms. The summed E-state index contributed by atoms with van der Waals surface area (Å²) in [5.74, 6) is -0.823. The van der Waals surface area contributed by atoms with E-state index in [9.17, 15) is 14.7 Å². The molecule has 2 amide bonds. The normalized spacial score (nSPS) is 16.0. The maximum atomic E-state index is 11.9. The minimum atomic E-state index is -0.640. The van der Waals surface area contributed by atoms with Gasteiger partial charge in [-0.3, -0.25) is 9.59 Å². The Bertz CT molecular complexity index is 564. The number of piperidine rings is 1. The molecule has 0 atom stereocenters. The molecule has 0 bridgehead atoms. The molecule has 0 radical (unpaired) electrons. The second-order valence-corrected chi connectivity index (χ2v) is 6.91. The first-order valence-corrected chi connectivity index (χ1v) is 9.05. The van der Waals surface area contributed by atoms with Gasteiger partial charge < -0.3 is 20.6 Å². The molecule has 1 fully saturated rings. The summed E-state index contributed by atoms with van der Waals surface area (Å²) in [7, 11) is 0. The van der Waals surface area contributed by atoms with Crippen LogP contribution in [0.4, 0.5) is 5.69 Å². The molecule has 1 aromatic rings. The molecule has 2 rings (SSSR count). The van der Waals surface area contributed by atoms with Crippen LogP contribution in [-0.4, -0.2) is 54.1 Å². The Balaban J connectivity index is 1.65. The molecule has 0 unspecified atom stereocenters. The third-order valence-corrected chi connectivity index (χ3v) is 4.54. The molecular formula is C19H29N3O3. The van der Waals surface area contributed by atoms with Crippen molar-refractivity contribution in [2.24, 2.45) is 0 Å². The Morgan fingerprint density at radius 3 is 2.40 bits per heavy atom. The minimum absolute atomic E-state index is 0.172. The summed E-state index contributed by atoms with van der Waals surface area (Å²) in [6.45, 7) is 7.33. The number of aliphatic hydroxyl groups is 1. The predicted molar refractivity (Wildman–Crippen MR) is 98.5 cm³/mol. The van der Waals surface area contributed by atoms with Crippen LogP contribution in [0.15, 0.2) is 24.3 Å². The Morgan fingerprint density at radius 2 is 1.80 bits per heavy atom. The number of likely N-dealkylation sites (tertiary alicyclic amines) is 1. The van der Waals surface area contributed by atoms with Crippen molar-refractivity contribution < 1.29 is 14.7 Å². The van der Waals surface area contributed by atoms with E-state index in [1.807, 2.05) is 24.3 Å². The number of aliphatic hydroxyl groups excluding tert-OH is 1. The number of hydrogen-bond acceptors (Lipinski definition) is 4. The molecule has 25 heavy (non-hydrogen) atoms. The Hall–Kier alpha value is -1.92. The second-order valence-electron chi connectivity index (χ2n) is 6.91. The summed E-state index contributed by atoms with van der Waals surface area (Å²) in [5.41, 5.74) is 1.81. The molecule has 6 heteroatoms. The largest absolute Gasteiger partial charge is 0.393 e. The van der Waals surface area contributed by atoms with Gasteiger partial charge in [-0.15, -0.1) is 0 Å². The number of benzene rings is 1. The molecular weight excluding hydrogens is 318 g/mol. The van der Waals surface area contributed by atoms with Crippen molar-refractivity contribution in [1.82, 2.24) is 10.2 Å². The number of anilines is 1. The quantitative estimate of drug-likeness (QED) is 0.540. The average Bonchev–Trinajstić information content (AvgIpc) is 2.60. The fraction of sp³-hybridized carbons (Fsp3) is 0.579. The number of amides is 2. The lowest BCUT2D eigenvalue weighted by molar-refractivity contribution is -0.136. The van der Waals surface area contributed by atoms with E-state index in [0.717, 1.165) is 38.9 Å². The van der Waals surface area contributed by atoms with E-state index in [0.29, 0.717) is 18.2 Å². The van der Waals surface area contributed by atoms with Gasteiger partial charge in [-0.05, 0) is 49.4 Å². The van der Waals surface area contributed by atoms with Gasteiger partial charge >= 0.3 is 11.8 Å². The van der Waals surface area contributed by atoms with Gasteiger partial charge in [0, 0.05) is 25.3 Å². The van der Waals surface area contributed by atoms with Gasteiger partial charge in [-0.2, -0.15) is 0 Å². The molecule has 1 saturated heterocycles. The molecule has 0 aromatic heterocycles. The molecule has 1 aromatic carbocycles. The zero-order valence-electron chi connectivity index (χ0n) is 15.1. The third kappa shape index (κ3) is 6.48. The summed E-state index contributed by atoms with van der Waals surface area (Å²) < 4.78 is 0. The van der Waals surface area contributed by atoms with Gasteiger partial charge in [0.25, 0.3) is 0 Å². The number of carbonyl (C=O) groups excluding carboxylic acids is 2. The summed E-state index contributed by atoms with van der Waals surface area (Å²) in [6.07, 6.45) is 2.24. The monoisotopic (exact) mass is 347 g/mol. The van der Waals surface area contributed by atoms with E-state index in [4.69, 9.17) is 0 Å². The third-order valence-electron chi connectivity index (χ3n) is 4.54. The van der Waals surface area contributed by atoms with Crippen molar-refractivity contribution in [2.75, 3.05) is 31.5 Å². The highest BCUT2D eigenvalue weighted by atomic mass is 16.3. The van der Waals surface area contributed by atoms with E-state index in [1.54, 1.807) is 0 Å². The molecule has 6 nitrogen and oxygen atoms in total. The van der Waals surface area contributed by atoms with Crippen molar-refractivity contribution in [3.05, 3.63) is 29.8 Å². The van der Waals surface area contributed by atoms with Gasteiger partial charge in [-0.25, -0.2) is 0 Å². The van der Waals surface area contributed by atoms with Crippen molar-refractivity contribution in [3.8, 4) is 0 Å². The second kappa shape index (κ2) is 9.53. The van der Waals surface area contributed by atoms with Crippen LogP contribution in [0.5, 0.6) is 0 Å². The van der Waals surface area contributed by atoms with E-state index < -0.39 is 11.8 Å². The molecule has 1 aliphatic heterocycles. The van der Waals surface area contributed by atoms with E-state index >= 15 is 0 Å². The van der Waals surface area contributed by atoms with Crippen LogP contribution in [0.2, 0.25) is 0 Å². The molecule has 3 N–H and O–H groups in total. The summed E-state index contributed by atoms with van der Waals surface area (Å²) in [6, 6.07) is 7.53. The van der Waals surface area contributed by atoms with Crippen LogP contribution in [0.3, 0.4) is 0 Å². The number of nitrogens with zero attached hydrogens (tertiary/aromatic N) is 1. The summed E-state index contributed by atoms with van der Waals surface area (Å²) in [5, 5.41) is 14.7. The van der Waals surface area contributed by atoms with Gasteiger partial charge in [0.15, 0.2) is 0 Å². The number of carbonyl (C=O) groups is 2. The van der Waals surface area contributed by atoms with E-state index in [-0.39, 0.29) is 6.10 Å². The first-order chi connectivity index (χ1) is 12.0. The minimum Gasteiger partial charge on any atom is -0.393 e. The van der Waals surface area contributed by atoms with Gasteiger partial charge in [0.1, 0.15) is 0 Å². The van der Waals surface area contributed by atoms with Crippen LogP contribution in [0.1, 0.15) is 44.6 Å². The van der Waals surface area contributed by atoms with Crippen molar-refractivity contribution in [1.29, 1.82) is 0 Å². The highest BCUT2D eigenvalue weighted by Crippen LogP contribution is 2.17. The SMILES string of the molecule is CC(C)c1ccc(NC(=O)C(=O)NCCCN2CCC(O)CC2)cc1. The van der Waals surface area contributed by atoms with E-state index in [1.165, 1.54) is 5.56 Å². The fourth-order valence-corrected chi connectivity index (χ4v) is 2.87. The zero-order chi connectivity index (χ0) is 18.2. The maximum absolute atomic E-state index is 11.9. The lowest BCUT2D eigenvalue weighted by atomic mass is 10.0. The fourth-order valence-electron chi connectivity index (χ4n) is 2.87. The molecule has 1 aliphatic rings. The highest BCUT2D eigenvalue weighted by Gasteiger charge is 2.17. The Kier molecular flexibility index (Phi) is 7.40. The average molecular weight is 347 g/mol. The molecule has 1 heterocycles. The van der Waals surface area contributed by atoms with Gasteiger partial charge in [0.05, 0.1) is 6.10 Å². The van der Waals surface area contributed by atoms with Crippen molar-refractivity contribution in [2.45, 2.75) is 45.1 Å². The molecule has 138 valence electrons. The van der Waals surface area contributed by atoms with Crippen LogP contribution in [0.25, 0.3) is 0 Å². The lowest BCUT2D eigenvalue weighted by Crippen LogP contribution is -2.39. The molecule has 0 aliphatic carbocycles. The first kappa shape index (κ1) is 19.4. The zero-order valence-corrected chi connectivity index (χ0v) is 15.1. The van der Waals surface area contributed by atoms with Crippen molar-refractivity contribution in [3.63, 3.8) is 0 Å². The van der Waals surface area contributed by atoms with Crippen molar-refractivity contribution >= 4 is 17.5 Å². The standard InChI is InChI=1S/C19H29N3O3/c1-14(2)15-4-6-16(7-5-15)21-19(25)18(24)20-10-3-11-22-12-8-17(23)9-13-22/h4-7,14,17,23H,3,8-13H2,1-2H3,(H,20,24)(H,21,25). The Morgan fingerprint density at radius 1 is 1.16 bits per heavy atom. The number of nitrogens with one attached hydrogen (secondary N) is 2. The predicted octanol–water partition coefficient (Wildman–Crippen LogP) is 1.71. The van der Waals surface area contributed by atoms with Crippen LogP contribution >= 0.6 is 0 Å². The van der Waals surface area contributed by atoms with E-state index in [2.05, 4.69) is 29.4 Å². The lowest BCUT2D eigenvalue weighted by Gasteiger charge is -2.29. The Labute approximate surface area is 149 Å². The van der Waals surface area contributed by atoms with Crippen LogP contribution in [-0.2, 0) is 9.59 Å². The van der Waals surface area contributed by atoms with Crippen LogP contribution < -0.4 is 10.6 Å². The van der Waals surface area contributed by atoms with Gasteiger partial charge in [0.2, 0.25) is 0 Å². The summed E-state index contributed by atoms with van der Waals surface area (Å²) >= 11 is 0.